The van der Waals surface area contributed by atoms with Crippen LogP contribution in [-0.2, 0) is 4.79 Å². The molecule has 0 aromatic rings. The van der Waals surface area contributed by atoms with Crippen LogP contribution < -0.4 is 5.32 Å². The van der Waals surface area contributed by atoms with Gasteiger partial charge >= 0.3 is 0 Å². The van der Waals surface area contributed by atoms with E-state index in [-0.39, 0.29) is 11.9 Å². The quantitative estimate of drug-likeness (QED) is 0.778. The summed E-state index contributed by atoms with van der Waals surface area (Å²) in [5.74, 6) is 0.895. The van der Waals surface area contributed by atoms with Crippen LogP contribution in [0.4, 0.5) is 0 Å². The van der Waals surface area contributed by atoms with E-state index in [0.717, 1.165) is 19.0 Å². The number of likely N-dealkylation sites (N-methyl/N-ethyl adjacent to an activating group) is 1. The second-order valence-electron chi connectivity index (χ2n) is 5.00. The lowest BCUT2D eigenvalue weighted by Crippen LogP contribution is -2.44. The van der Waals surface area contributed by atoms with Crippen LogP contribution in [-0.4, -0.2) is 37.0 Å². The highest BCUT2D eigenvalue weighted by Gasteiger charge is 2.19. The summed E-state index contributed by atoms with van der Waals surface area (Å²) in [7, 11) is 1.99. The average molecular weight is 226 g/mol. The Kier molecular flexibility index (Phi) is 5.81. The predicted molar refractivity (Wildman–Crippen MR) is 67.4 cm³/mol. The fourth-order valence-corrected chi connectivity index (χ4v) is 2.26. The fraction of sp³-hybridized carbons (Fsp3) is 0.923. The molecule has 1 N–H and O–H groups in total. The van der Waals surface area contributed by atoms with Gasteiger partial charge in [0.15, 0.2) is 0 Å². The molecular weight excluding hydrogens is 200 g/mol. The molecule has 0 saturated heterocycles. The largest absolute Gasteiger partial charge is 0.354 e. The topological polar surface area (TPSA) is 32.3 Å². The normalized spacial score (nSPS) is 19.8. The summed E-state index contributed by atoms with van der Waals surface area (Å²) in [4.78, 5) is 13.9. The van der Waals surface area contributed by atoms with Crippen molar-refractivity contribution in [2.45, 2.75) is 52.0 Å². The lowest BCUT2D eigenvalue weighted by Gasteiger charge is -2.25. The van der Waals surface area contributed by atoms with Crippen molar-refractivity contribution < 1.29 is 4.79 Å². The molecular formula is C13H26N2O. The van der Waals surface area contributed by atoms with Crippen LogP contribution in [0.15, 0.2) is 0 Å². The Labute approximate surface area is 99.6 Å². The van der Waals surface area contributed by atoms with Crippen LogP contribution in [0.2, 0.25) is 0 Å². The maximum atomic E-state index is 11.8. The summed E-state index contributed by atoms with van der Waals surface area (Å²) in [6.45, 7) is 5.84. The van der Waals surface area contributed by atoms with E-state index < -0.39 is 0 Å². The maximum Gasteiger partial charge on any atom is 0.237 e. The Hall–Kier alpha value is -0.570. The Bertz CT molecular complexity index is 212. The Morgan fingerprint density at radius 2 is 2.00 bits per heavy atom. The van der Waals surface area contributed by atoms with Crippen molar-refractivity contribution in [2.24, 2.45) is 5.92 Å². The maximum absolute atomic E-state index is 11.8. The van der Waals surface area contributed by atoms with E-state index in [1.54, 1.807) is 0 Å². The molecule has 1 rings (SSSR count). The molecule has 0 aromatic heterocycles. The third-order valence-electron chi connectivity index (χ3n) is 3.83. The summed E-state index contributed by atoms with van der Waals surface area (Å²) in [5.41, 5.74) is 0. The highest BCUT2D eigenvalue weighted by atomic mass is 16.2. The molecule has 1 unspecified atom stereocenters. The third kappa shape index (κ3) is 4.12. The van der Waals surface area contributed by atoms with Gasteiger partial charge in [0.05, 0.1) is 6.04 Å². The molecule has 1 atom stereocenters. The first-order chi connectivity index (χ1) is 7.65. The molecule has 3 heteroatoms. The van der Waals surface area contributed by atoms with Crippen LogP contribution in [0, 0.1) is 5.92 Å². The summed E-state index contributed by atoms with van der Waals surface area (Å²) < 4.78 is 0. The molecule has 1 fully saturated rings. The zero-order valence-electron chi connectivity index (χ0n) is 11.0. The van der Waals surface area contributed by atoms with E-state index in [1.807, 2.05) is 14.0 Å². The van der Waals surface area contributed by atoms with Crippen molar-refractivity contribution in [1.29, 1.82) is 0 Å². The number of nitrogens with zero attached hydrogens (tertiary/aromatic N) is 1. The highest BCUT2D eigenvalue weighted by Crippen LogP contribution is 2.22. The van der Waals surface area contributed by atoms with Gasteiger partial charge in [-0.1, -0.05) is 26.2 Å². The van der Waals surface area contributed by atoms with Gasteiger partial charge in [0, 0.05) is 6.54 Å². The lowest BCUT2D eigenvalue weighted by atomic mass is 9.89. The van der Waals surface area contributed by atoms with Crippen molar-refractivity contribution in [3.05, 3.63) is 0 Å². The van der Waals surface area contributed by atoms with Crippen LogP contribution >= 0.6 is 0 Å². The first kappa shape index (κ1) is 13.5. The molecule has 1 saturated carbocycles. The summed E-state index contributed by atoms with van der Waals surface area (Å²) >= 11 is 0. The molecule has 0 radical (unpaired) electrons. The van der Waals surface area contributed by atoms with E-state index in [1.165, 1.54) is 32.1 Å². The molecule has 1 aliphatic carbocycles. The SMILES string of the molecule is CCN(C)C(C)C(=O)NCC1CCCCC1. The Morgan fingerprint density at radius 1 is 1.38 bits per heavy atom. The first-order valence-electron chi connectivity index (χ1n) is 6.63. The van der Waals surface area contributed by atoms with Crippen LogP contribution in [0.3, 0.4) is 0 Å². The predicted octanol–water partition coefficient (Wildman–Crippen LogP) is 2.02. The first-order valence-corrected chi connectivity index (χ1v) is 6.63. The molecule has 0 aromatic carbocycles. The fourth-order valence-electron chi connectivity index (χ4n) is 2.26. The molecule has 1 aliphatic rings. The van der Waals surface area contributed by atoms with Gasteiger partial charge in [-0.25, -0.2) is 0 Å². The molecule has 0 aliphatic heterocycles. The third-order valence-corrected chi connectivity index (χ3v) is 3.83. The van der Waals surface area contributed by atoms with Gasteiger partial charge in [-0.3, -0.25) is 9.69 Å². The number of carbonyl (C=O) groups is 1. The summed E-state index contributed by atoms with van der Waals surface area (Å²) in [6, 6.07) is -0.00593. The molecule has 1 amide bonds. The van der Waals surface area contributed by atoms with E-state index in [4.69, 9.17) is 0 Å². The van der Waals surface area contributed by atoms with Crippen LogP contribution in [0.25, 0.3) is 0 Å². The number of rotatable bonds is 5. The minimum Gasteiger partial charge on any atom is -0.354 e. The average Bonchev–Trinajstić information content (AvgIpc) is 2.35. The Balaban J connectivity index is 2.23. The number of hydrogen-bond acceptors (Lipinski definition) is 2. The van der Waals surface area contributed by atoms with E-state index in [0.29, 0.717) is 0 Å². The standard InChI is InChI=1S/C13H26N2O/c1-4-15(3)11(2)13(16)14-10-12-8-6-5-7-9-12/h11-12H,4-10H2,1-3H3,(H,14,16). The number of amides is 1. The van der Waals surface area contributed by atoms with Crippen molar-refractivity contribution >= 4 is 5.91 Å². The van der Waals surface area contributed by atoms with Crippen molar-refractivity contribution in [3.63, 3.8) is 0 Å². The zero-order valence-corrected chi connectivity index (χ0v) is 11.0. The van der Waals surface area contributed by atoms with Crippen LogP contribution in [0.1, 0.15) is 46.0 Å². The monoisotopic (exact) mass is 226 g/mol. The Morgan fingerprint density at radius 3 is 2.56 bits per heavy atom. The second-order valence-corrected chi connectivity index (χ2v) is 5.00. The van der Waals surface area contributed by atoms with Crippen LogP contribution in [0.5, 0.6) is 0 Å². The zero-order chi connectivity index (χ0) is 12.0. The summed E-state index contributed by atoms with van der Waals surface area (Å²) in [5, 5.41) is 3.09. The van der Waals surface area contributed by atoms with E-state index in [9.17, 15) is 4.79 Å². The minimum atomic E-state index is -0.00593. The second kappa shape index (κ2) is 6.89. The highest BCUT2D eigenvalue weighted by molar-refractivity contribution is 5.81. The van der Waals surface area contributed by atoms with Crippen molar-refractivity contribution in [3.8, 4) is 0 Å². The molecule has 0 heterocycles. The number of hydrogen-bond donors (Lipinski definition) is 1. The van der Waals surface area contributed by atoms with Gasteiger partial charge in [0.1, 0.15) is 0 Å². The lowest BCUT2D eigenvalue weighted by molar-refractivity contribution is -0.125. The van der Waals surface area contributed by atoms with E-state index >= 15 is 0 Å². The smallest absolute Gasteiger partial charge is 0.237 e. The molecule has 16 heavy (non-hydrogen) atoms. The van der Waals surface area contributed by atoms with Crippen molar-refractivity contribution in [1.82, 2.24) is 10.2 Å². The molecule has 0 spiro atoms. The van der Waals surface area contributed by atoms with Gasteiger partial charge in [-0.05, 0) is 39.3 Å². The van der Waals surface area contributed by atoms with Gasteiger partial charge in [0.25, 0.3) is 0 Å². The van der Waals surface area contributed by atoms with Gasteiger partial charge in [-0.2, -0.15) is 0 Å². The minimum absolute atomic E-state index is 0.00593. The number of carbonyl (C=O) groups excluding carboxylic acids is 1. The van der Waals surface area contributed by atoms with E-state index in [2.05, 4.69) is 17.1 Å². The molecule has 94 valence electrons. The molecule has 3 nitrogen and oxygen atoms in total. The molecule has 0 bridgehead atoms. The van der Waals surface area contributed by atoms with Gasteiger partial charge < -0.3 is 5.32 Å². The summed E-state index contributed by atoms with van der Waals surface area (Å²) in [6.07, 6.45) is 6.63. The number of nitrogens with one attached hydrogen (secondary N) is 1. The van der Waals surface area contributed by atoms with Gasteiger partial charge in [0.2, 0.25) is 5.91 Å². The van der Waals surface area contributed by atoms with Crippen molar-refractivity contribution in [2.75, 3.05) is 20.1 Å². The van der Waals surface area contributed by atoms with Gasteiger partial charge in [-0.15, -0.1) is 0 Å².